The predicted octanol–water partition coefficient (Wildman–Crippen LogP) is -0.130. The fourth-order valence-corrected chi connectivity index (χ4v) is 1.19. The van der Waals surface area contributed by atoms with Crippen LogP contribution in [0.1, 0.15) is 10.4 Å². The van der Waals surface area contributed by atoms with Crippen molar-refractivity contribution in [2.45, 2.75) is 6.04 Å². The van der Waals surface area contributed by atoms with Crippen molar-refractivity contribution < 1.29 is 24.5 Å². The van der Waals surface area contributed by atoms with Crippen molar-refractivity contribution in [3.8, 4) is 5.75 Å². The third-order valence-corrected chi connectivity index (χ3v) is 2.12. The molecule has 0 radical (unpaired) electrons. The molecule has 1 amide bonds. The number of carbonyl (C=O) groups is 2. The van der Waals surface area contributed by atoms with Crippen molar-refractivity contribution in [3.05, 3.63) is 29.8 Å². The lowest BCUT2D eigenvalue weighted by atomic mass is 10.2. The summed E-state index contributed by atoms with van der Waals surface area (Å²) in [6.45, 7) is -0.662. The van der Waals surface area contributed by atoms with Crippen molar-refractivity contribution in [2.75, 3.05) is 13.7 Å². The Bertz CT molecular complexity index is 418. The van der Waals surface area contributed by atoms with Gasteiger partial charge < -0.3 is 20.3 Å². The number of ether oxygens (including phenoxy) is 1. The van der Waals surface area contributed by atoms with Crippen LogP contribution in [0.15, 0.2) is 24.3 Å². The van der Waals surface area contributed by atoms with Gasteiger partial charge in [-0.25, -0.2) is 4.79 Å². The first-order valence-electron chi connectivity index (χ1n) is 4.87. The molecule has 0 aliphatic heterocycles. The molecule has 17 heavy (non-hydrogen) atoms. The highest BCUT2D eigenvalue weighted by molar-refractivity contribution is 5.96. The zero-order chi connectivity index (χ0) is 12.8. The van der Waals surface area contributed by atoms with E-state index in [0.29, 0.717) is 5.75 Å². The number of nitrogens with one attached hydrogen (secondary N) is 1. The topological polar surface area (TPSA) is 95.9 Å². The molecule has 0 heterocycles. The molecule has 0 unspecified atom stereocenters. The first kappa shape index (κ1) is 13.0. The highest BCUT2D eigenvalue weighted by Crippen LogP contribution is 2.12. The maximum atomic E-state index is 11.6. The van der Waals surface area contributed by atoms with Crippen LogP contribution in [0.4, 0.5) is 0 Å². The molecular formula is C11H13NO5. The zero-order valence-corrected chi connectivity index (χ0v) is 9.21. The number of hydrogen-bond acceptors (Lipinski definition) is 4. The summed E-state index contributed by atoms with van der Waals surface area (Å²) in [7, 11) is 1.46. The Labute approximate surface area is 97.8 Å². The summed E-state index contributed by atoms with van der Waals surface area (Å²) >= 11 is 0. The van der Waals surface area contributed by atoms with Gasteiger partial charge in [-0.3, -0.25) is 4.79 Å². The van der Waals surface area contributed by atoms with Gasteiger partial charge in [0.25, 0.3) is 5.91 Å². The molecule has 0 aromatic heterocycles. The molecule has 6 heteroatoms. The smallest absolute Gasteiger partial charge is 0.328 e. The molecule has 3 N–H and O–H groups in total. The van der Waals surface area contributed by atoms with Gasteiger partial charge in [-0.2, -0.15) is 0 Å². The molecule has 0 saturated heterocycles. The second-order valence-corrected chi connectivity index (χ2v) is 3.28. The lowest BCUT2D eigenvalue weighted by molar-refractivity contribution is -0.140. The van der Waals surface area contributed by atoms with E-state index in [1.54, 1.807) is 12.1 Å². The van der Waals surface area contributed by atoms with Crippen molar-refractivity contribution in [1.29, 1.82) is 0 Å². The standard InChI is InChI=1S/C11H13NO5/c1-17-8-4-2-3-7(5-8)10(14)12-9(6-13)11(15)16/h2-5,9,13H,6H2,1H3,(H,12,14)(H,15,16)/t9-/m1/s1. The second-order valence-electron chi connectivity index (χ2n) is 3.28. The van der Waals surface area contributed by atoms with Crippen LogP contribution in [0, 0.1) is 0 Å². The maximum Gasteiger partial charge on any atom is 0.328 e. The monoisotopic (exact) mass is 239 g/mol. The van der Waals surface area contributed by atoms with Gasteiger partial charge in [0.2, 0.25) is 0 Å². The highest BCUT2D eigenvalue weighted by atomic mass is 16.5. The number of aliphatic carboxylic acids is 1. The zero-order valence-electron chi connectivity index (χ0n) is 9.21. The van der Waals surface area contributed by atoms with E-state index < -0.39 is 24.5 Å². The minimum absolute atomic E-state index is 0.268. The molecule has 1 aromatic carbocycles. The van der Waals surface area contributed by atoms with E-state index in [-0.39, 0.29) is 5.56 Å². The summed E-state index contributed by atoms with van der Waals surface area (Å²) in [6, 6.07) is 4.97. The molecule has 1 aromatic rings. The van der Waals surface area contributed by atoms with Crippen LogP contribution < -0.4 is 10.1 Å². The van der Waals surface area contributed by atoms with E-state index in [1.807, 2.05) is 0 Å². The van der Waals surface area contributed by atoms with Crippen LogP contribution >= 0.6 is 0 Å². The molecule has 92 valence electrons. The number of methoxy groups -OCH3 is 1. The number of aliphatic hydroxyl groups is 1. The number of hydrogen-bond donors (Lipinski definition) is 3. The van der Waals surface area contributed by atoms with Gasteiger partial charge in [-0.05, 0) is 18.2 Å². The third-order valence-electron chi connectivity index (χ3n) is 2.12. The van der Waals surface area contributed by atoms with Crippen molar-refractivity contribution in [2.24, 2.45) is 0 Å². The Morgan fingerprint density at radius 2 is 2.18 bits per heavy atom. The predicted molar refractivity (Wildman–Crippen MR) is 59.0 cm³/mol. The van der Waals surface area contributed by atoms with Crippen molar-refractivity contribution in [3.63, 3.8) is 0 Å². The number of carbonyl (C=O) groups excluding carboxylic acids is 1. The number of benzene rings is 1. The molecule has 1 rings (SSSR count). The lowest BCUT2D eigenvalue weighted by Gasteiger charge is -2.11. The Morgan fingerprint density at radius 3 is 2.71 bits per heavy atom. The van der Waals surface area contributed by atoms with Crippen LogP contribution in [-0.4, -0.2) is 41.8 Å². The molecule has 0 saturated carbocycles. The van der Waals surface area contributed by atoms with Crippen LogP contribution in [0.25, 0.3) is 0 Å². The average Bonchev–Trinajstić information content (AvgIpc) is 2.35. The lowest BCUT2D eigenvalue weighted by Crippen LogP contribution is -2.43. The highest BCUT2D eigenvalue weighted by Gasteiger charge is 2.19. The Hall–Kier alpha value is -2.08. The molecule has 1 atom stereocenters. The van der Waals surface area contributed by atoms with Gasteiger partial charge in [0.05, 0.1) is 13.7 Å². The first-order valence-corrected chi connectivity index (χ1v) is 4.87. The van der Waals surface area contributed by atoms with Crippen LogP contribution in [-0.2, 0) is 4.79 Å². The fraction of sp³-hybridized carbons (Fsp3) is 0.273. The van der Waals surface area contributed by atoms with Gasteiger partial charge in [0.15, 0.2) is 6.04 Å². The Balaban J connectivity index is 2.78. The number of carboxylic acid groups (broad SMARTS) is 1. The van der Waals surface area contributed by atoms with E-state index in [0.717, 1.165) is 0 Å². The number of amides is 1. The number of aliphatic hydroxyl groups excluding tert-OH is 1. The van der Waals surface area contributed by atoms with Crippen LogP contribution in [0.3, 0.4) is 0 Å². The van der Waals surface area contributed by atoms with E-state index in [9.17, 15) is 9.59 Å². The molecule has 0 bridgehead atoms. The molecule has 0 spiro atoms. The molecule has 0 aliphatic rings. The van der Waals surface area contributed by atoms with E-state index >= 15 is 0 Å². The normalized spacial score (nSPS) is 11.6. The second kappa shape index (κ2) is 5.86. The van der Waals surface area contributed by atoms with Gasteiger partial charge in [-0.1, -0.05) is 6.07 Å². The molecule has 6 nitrogen and oxygen atoms in total. The summed E-state index contributed by atoms with van der Waals surface area (Å²) in [5.41, 5.74) is 0.268. The largest absolute Gasteiger partial charge is 0.497 e. The van der Waals surface area contributed by atoms with Crippen LogP contribution in [0.2, 0.25) is 0 Å². The van der Waals surface area contributed by atoms with Gasteiger partial charge in [0, 0.05) is 5.56 Å². The van der Waals surface area contributed by atoms with E-state index in [4.69, 9.17) is 14.9 Å². The third kappa shape index (κ3) is 3.46. The molecular weight excluding hydrogens is 226 g/mol. The summed E-state index contributed by atoms with van der Waals surface area (Å²) < 4.78 is 4.94. The van der Waals surface area contributed by atoms with Gasteiger partial charge in [0.1, 0.15) is 5.75 Å². The minimum Gasteiger partial charge on any atom is -0.497 e. The quantitative estimate of drug-likeness (QED) is 0.665. The molecule has 0 aliphatic carbocycles. The summed E-state index contributed by atoms with van der Waals surface area (Å²) in [5.74, 6) is -1.37. The summed E-state index contributed by atoms with van der Waals surface area (Å²) in [5, 5.41) is 19.6. The minimum atomic E-state index is -1.31. The maximum absolute atomic E-state index is 11.6. The summed E-state index contributed by atoms with van der Waals surface area (Å²) in [4.78, 5) is 22.3. The van der Waals surface area contributed by atoms with Gasteiger partial charge >= 0.3 is 5.97 Å². The first-order chi connectivity index (χ1) is 8.08. The van der Waals surface area contributed by atoms with Crippen LogP contribution in [0.5, 0.6) is 5.75 Å². The summed E-state index contributed by atoms with van der Waals surface area (Å²) in [6.07, 6.45) is 0. The number of rotatable bonds is 5. The average molecular weight is 239 g/mol. The number of carboxylic acids is 1. The van der Waals surface area contributed by atoms with Gasteiger partial charge in [-0.15, -0.1) is 0 Å². The van der Waals surface area contributed by atoms with Crippen molar-refractivity contribution in [1.82, 2.24) is 5.32 Å². The van der Waals surface area contributed by atoms with E-state index in [2.05, 4.69) is 5.32 Å². The van der Waals surface area contributed by atoms with Crippen molar-refractivity contribution >= 4 is 11.9 Å². The Morgan fingerprint density at radius 1 is 1.47 bits per heavy atom. The molecule has 0 fully saturated rings. The SMILES string of the molecule is COc1cccc(C(=O)N[C@H](CO)C(=O)O)c1. The Kier molecular flexibility index (Phi) is 4.47. The van der Waals surface area contributed by atoms with E-state index in [1.165, 1.54) is 19.2 Å². The fourth-order valence-electron chi connectivity index (χ4n) is 1.19.